The molecule has 0 bridgehead atoms. The Bertz CT molecular complexity index is 370. The Hall–Kier alpha value is -0.210. The molecule has 0 aromatic rings. The van der Waals surface area contributed by atoms with E-state index in [9.17, 15) is 5.11 Å². The summed E-state index contributed by atoms with van der Waals surface area (Å²) in [6, 6.07) is 0. The molecule has 0 radical (unpaired) electrons. The van der Waals surface area contributed by atoms with Crippen molar-refractivity contribution < 1.29 is 5.11 Å². The third-order valence-corrected chi connectivity index (χ3v) is 5.02. The van der Waals surface area contributed by atoms with Gasteiger partial charge in [-0.25, -0.2) is 0 Å². The van der Waals surface area contributed by atoms with Gasteiger partial charge in [-0.3, -0.25) is 0 Å². The molecular weight excluding hydrogens is 264 g/mol. The first-order valence-corrected chi connectivity index (χ1v) is 8.70. The molecule has 0 heterocycles. The predicted molar refractivity (Wildman–Crippen MR) is 92.3 cm³/mol. The van der Waals surface area contributed by atoms with Crippen molar-refractivity contribution in [1.29, 1.82) is 0 Å². The summed E-state index contributed by atoms with van der Waals surface area (Å²) in [5.41, 5.74) is 3.38. The Morgan fingerprint density at radius 3 is 2.65 bits per heavy atom. The summed E-state index contributed by atoms with van der Waals surface area (Å²) < 4.78 is 0. The van der Waals surface area contributed by atoms with E-state index in [1.807, 2.05) is 13.8 Å². The number of hydrogen-bond donors (Lipinski definition) is 2. The van der Waals surface area contributed by atoms with Crippen LogP contribution >= 0.6 is 12.6 Å². The lowest BCUT2D eigenvalue weighted by Crippen LogP contribution is -2.33. The molecule has 1 N–H and O–H groups in total. The van der Waals surface area contributed by atoms with Crippen LogP contribution in [0.3, 0.4) is 0 Å². The molecule has 1 nitrogen and oxygen atoms in total. The largest absolute Gasteiger partial charge is 0.396 e. The summed E-state index contributed by atoms with van der Waals surface area (Å²) in [4.78, 5) is 0. The molecule has 1 saturated carbocycles. The Kier molecular flexibility index (Phi) is 6.87. The first-order chi connectivity index (χ1) is 9.49. The van der Waals surface area contributed by atoms with Crippen LogP contribution in [-0.4, -0.2) is 17.0 Å². The van der Waals surface area contributed by atoms with Crippen LogP contribution in [0.25, 0.3) is 0 Å². The zero-order chi connectivity index (χ0) is 15.3. The molecule has 0 saturated heterocycles. The third kappa shape index (κ3) is 3.51. The van der Waals surface area contributed by atoms with Crippen LogP contribution in [0, 0.1) is 17.3 Å². The first kappa shape index (κ1) is 17.8. The quantitative estimate of drug-likeness (QED) is 0.553. The van der Waals surface area contributed by atoms with Gasteiger partial charge in [0.2, 0.25) is 0 Å². The fourth-order valence-corrected chi connectivity index (χ4v) is 4.22. The summed E-state index contributed by atoms with van der Waals surface area (Å²) in [5, 5.41) is 9.79. The summed E-state index contributed by atoms with van der Waals surface area (Å²) in [7, 11) is 0. The summed E-state index contributed by atoms with van der Waals surface area (Å²) >= 11 is 4.51. The minimum absolute atomic E-state index is 0.274. The molecular formula is C18H32OS. The van der Waals surface area contributed by atoms with Gasteiger partial charge >= 0.3 is 0 Å². The van der Waals surface area contributed by atoms with Gasteiger partial charge in [-0.15, -0.1) is 0 Å². The van der Waals surface area contributed by atoms with E-state index in [2.05, 4.69) is 45.6 Å². The molecule has 116 valence electrons. The van der Waals surface area contributed by atoms with E-state index in [4.69, 9.17) is 0 Å². The van der Waals surface area contributed by atoms with Crippen molar-refractivity contribution in [2.45, 2.75) is 65.6 Å². The van der Waals surface area contributed by atoms with E-state index in [0.29, 0.717) is 17.1 Å². The zero-order valence-corrected chi connectivity index (χ0v) is 14.7. The van der Waals surface area contributed by atoms with Gasteiger partial charge in [-0.05, 0) is 43.9 Å². The number of allylic oxidation sites excluding steroid dienone is 2. The molecule has 0 spiro atoms. The topological polar surface area (TPSA) is 20.2 Å². The molecule has 0 amide bonds. The van der Waals surface area contributed by atoms with E-state index in [1.165, 1.54) is 24.8 Å². The number of aliphatic hydroxyl groups excluding tert-OH is 1. The number of hydrogen-bond acceptors (Lipinski definition) is 2. The summed E-state index contributed by atoms with van der Waals surface area (Å²) in [5.74, 6) is 0.970. The highest BCUT2D eigenvalue weighted by Crippen LogP contribution is 2.56. The maximum absolute atomic E-state index is 9.44. The Morgan fingerprint density at radius 2 is 2.10 bits per heavy atom. The SMILES string of the molecule is CC.CC(S)/C=C1\CCCC2(C)C(C(C)CO)=CCC12. The minimum Gasteiger partial charge on any atom is -0.396 e. The van der Waals surface area contributed by atoms with Crippen molar-refractivity contribution in [2.24, 2.45) is 17.3 Å². The fraction of sp³-hybridized carbons (Fsp3) is 0.778. The monoisotopic (exact) mass is 296 g/mol. The highest BCUT2D eigenvalue weighted by molar-refractivity contribution is 7.81. The van der Waals surface area contributed by atoms with Gasteiger partial charge in [0.05, 0.1) is 0 Å². The molecule has 2 rings (SSSR count). The lowest BCUT2D eigenvalue weighted by atomic mass is 9.62. The molecule has 4 unspecified atom stereocenters. The van der Waals surface area contributed by atoms with Crippen LogP contribution in [0.15, 0.2) is 23.3 Å². The van der Waals surface area contributed by atoms with Crippen molar-refractivity contribution in [3.8, 4) is 0 Å². The molecule has 4 atom stereocenters. The van der Waals surface area contributed by atoms with Gasteiger partial charge in [0, 0.05) is 17.8 Å². The van der Waals surface area contributed by atoms with Crippen molar-refractivity contribution in [1.82, 2.24) is 0 Å². The molecule has 1 fully saturated rings. The fourth-order valence-electron chi connectivity index (χ4n) is 4.02. The Labute approximate surface area is 131 Å². The van der Waals surface area contributed by atoms with Crippen LogP contribution in [0.2, 0.25) is 0 Å². The van der Waals surface area contributed by atoms with Crippen LogP contribution in [0.4, 0.5) is 0 Å². The molecule has 0 aromatic carbocycles. The number of thiol groups is 1. The van der Waals surface area contributed by atoms with E-state index in [1.54, 1.807) is 5.57 Å². The van der Waals surface area contributed by atoms with E-state index in [-0.39, 0.29) is 12.0 Å². The van der Waals surface area contributed by atoms with Crippen LogP contribution in [0.5, 0.6) is 0 Å². The second kappa shape index (κ2) is 7.70. The zero-order valence-electron chi connectivity index (χ0n) is 13.8. The van der Waals surface area contributed by atoms with Crippen molar-refractivity contribution in [2.75, 3.05) is 6.61 Å². The van der Waals surface area contributed by atoms with Crippen LogP contribution in [0.1, 0.15) is 60.3 Å². The maximum Gasteiger partial charge on any atom is 0.0494 e. The van der Waals surface area contributed by atoms with Gasteiger partial charge in [0.25, 0.3) is 0 Å². The molecule has 0 aromatic heterocycles. The van der Waals surface area contributed by atoms with Crippen LogP contribution in [-0.2, 0) is 0 Å². The maximum atomic E-state index is 9.44. The molecule has 20 heavy (non-hydrogen) atoms. The lowest BCUT2D eigenvalue weighted by Gasteiger charge is -2.42. The molecule has 2 aliphatic rings. The highest BCUT2D eigenvalue weighted by Gasteiger charge is 2.45. The summed E-state index contributed by atoms with van der Waals surface area (Å²) in [6.45, 7) is 11.0. The Morgan fingerprint density at radius 1 is 1.45 bits per heavy atom. The predicted octanol–water partition coefficient (Wildman–Crippen LogP) is 5.02. The number of fused-ring (bicyclic) bond motifs is 1. The second-order valence-corrected chi connectivity index (χ2v) is 7.10. The van der Waals surface area contributed by atoms with Gasteiger partial charge in [-0.2, -0.15) is 12.6 Å². The Balaban J connectivity index is 0.000000956. The van der Waals surface area contributed by atoms with E-state index >= 15 is 0 Å². The van der Waals surface area contributed by atoms with E-state index < -0.39 is 0 Å². The average Bonchev–Trinajstić information content (AvgIpc) is 2.78. The molecule has 2 heteroatoms. The van der Waals surface area contributed by atoms with Crippen molar-refractivity contribution in [3.05, 3.63) is 23.3 Å². The molecule has 0 aliphatic heterocycles. The first-order valence-electron chi connectivity index (χ1n) is 8.19. The van der Waals surface area contributed by atoms with Gasteiger partial charge in [0.15, 0.2) is 0 Å². The normalized spacial score (nSPS) is 33.9. The van der Waals surface area contributed by atoms with Gasteiger partial charge in [0.1, 0.15) is 0 Å². The van der Waals surface area contributed by atoms with Gasteiger partial charge < -0.3 is 5.11 Å². The highest BCUT2D eigenvalue weighted by atomic mass is 32.1. The summed E-state index contributed by atoms with van der Waals surface area (Å²) in [6.07, 6.45) is 9.68. The number of rotatable bonds is 3. The van der Waals surface area contributed by atoms with Gasteiger partial charge in [-0.1, -0.05) is 51.0 Å². The van der Waals surface area contributed by atoms with E-state index in [0.717, 1.165) is 6.42 Å². The van der Waals surface area contributed by atoms with Crippen molar-refractivity contribution in [3.63, 3.8) is 0 Å². The average molecular weight is 297 g/mol. The van der Waals surface area contributed by atoms with Crippen LogP contribution < -0.4 is 0 Å². The van der Waals surface area contributed by atoms with Crippen molar-refractivity contribution >= 4 is 12.6 Å². The standard InChI is InChI=1S/C16H26OS.C2H6/c1-11(10-17)14-6-7-15-13(9-12(2)18)5-4-8-16(14,15)3;1-2/h6,9,11-12,15,17-18H,4-5,7-8,10H2,1-3H3;1-2H3/b13-9+;. The smallest absolute Gasteiger partial charge is 0.0494 e. The molecule has 2 aliphatic carbocycles. The number of aliphatic hydroxyl groups is 1. The third-order valence-electron chi connectivity index (χ3n) is 4.87. The second-order valence-electron chi connectivity index (χ2n) is 6.28. The lowest BCUT2D eigenvalue weighted by molar-refractivity contribution is 0.188. The minimum atomic E-state index is 0.274.